The van der Waals surface area contributed by atoms with Gasteiger partial charge < -0.3 is 9.30 Å². The highest BCUT2D eigenvalue weighted by molar-refractivity contribution is 5.91. The molecule has 9 nitrogen and oxygen atoms in total. The third kappa shape index (κ3) is 3.33. The highest BCUT2D eigenvalue weighted by Crippen LogP contribution is 2.37. The average molecular weight is 435 g/mol. The molecule has 9 heteroatoms. The molecule has 1 aliphatic carbocycles. The fraction of sp³-hybridized carbons (Fsp3) is 0.435. The van der Waals surface area contributed by atoms with Gasteiger partial charge in [-0.25, -0.2) is 9.55 Å². The monoisotopic (exact) mass is 434 g/mol. The first-order valence-electron chi connectivity index (χ1n) is 11.0. The quantitative estimate of drug-likeness (QED) is 0.495. The SMILES string of the molecule is COCc1nc(-n2ccc3nc4ccn([C@@H]5CCC[C@H](C)[C@@H]5C)c(=O)c4cc3c2=O)n[nH]1. The second-order valence-corrected chi connectivity index (χ2v) is 8.72. The first kappa shape index (κ1) is 20.6. The van der Waals surface area contributed by atoms with Crippen LogP contribution in [0.25, 0.3) is 27.8 Å². The van der Waals surface area contributed by atoms with Gasteiger partial charge >= 0.3 is 0 Å². The number of H-pyrrole nitrogens is 1. The smallest absolute Gasteiger partial charge is 0.267 e. The van der Waals surface area contributed by atoms with Crippen LogP contribution in [0.2, 0.25) is 0 Å². The van der Waals surface area contributed by atoms with Crippen LogP contribution in [-0.4, -0.2) is 36.4 Å². The van der Waals surface area contributed by atoms with Gasteiger partial charge in [-0.15, -0.1) is 5.10 Å². The Hall–Kier alpha value is -3.33. The van der Waals surface area contributed by atoms with Gasteiger partial charge in [-0.3, -0.25) is 14.7 Å². The highest BCUT2D eigenvalue weighted by atomic mass is 16.5. The molecule has 0 saturated heterocycles. The molecule has 0 bridgehead atoms. The van der Waals surface area contributed by atoms with Crippen molar-refractivity contribution < 1.29 is 4.74 Å². The Balaban J connectivity index is 1.65. The molecule has 0 amide bonds. The predicted octanol–water partition coefficient (Wildman–Crippen LogP) is 2.96. The van der Waals surface area contributed by atoms with E-state index in [4.69, 9.17) is 4.74 Å². The van der Waals surface area contributed by atoms with E-state index in [-0.39, 0.29) is 29.7 Å². The number of fused-ring (bicyclic) bond motifs is 2. The third-order valence-corrected chi connectivity index (χ3v) is 6.81. The number of hydrogen-bond acceptors (Lipinski definition) is 6. The van der Waals surface area contributed by atoms with E-state index >= 15 is 0 Å². The fourth-order valence-corrected chi connectivity index (χ4v) is 4.80. The number of pyridine rings is 3. The van der Waals surface area contributed by atoms with Gasteiger partial charge in [0, 0.05) is 25.5 Å². The summed E-state index contributed by atoms with van der Waals surface area (Å²) in [6, 6.07) is 5.43. The molecular formula is C23H26N6O3. The standard InChI is InChI=1S/C23H26N6O3/c1-13-5-4-6-19(14(13)2)28-9-7-17-15(21(28)30)11-16-18(24-17)8-10-29(22(16)31)23-25-20(12-32-3)26-27-23/h7-11,13-14,19H,4-6,12H2,1-3H3,(H,25,26,27)/t13-,14-,19+/m0/s1. The lowest BCUT2D eigenvalue weighted by molar-refractivity contribution is 0.178. The topological polar surface area (TPSA) is 108 Å². The molecule has 4 heterocycles. The van der Waals surface area contributed by atoms with Gasteiger partial charge in [0.2, 0.25) is 0 Å². The number of methoxy groups -OCH3 is 1. The van der Waals surface area contributed by atoms with Crippen molar-refractivity contribution in [2.45, 2.75) is 45.8 Å². The van der Waals surface area contributed by atoms with Crippen LogP contribution in [0.3, 0.4) is 0 Å². The maximum atomic E-state index is 13.4. The number of ether oxygens (including phenoxy) is 1. The van der Waals surface area contributed by atoms with Crippen molar-refractivity contribution in [2.24, 2.45) is 11.8 Å². The summed E-state index contributed by atoms with van der Waals surface area (Å²) in [5.74, 6) is 1.73. The summed E-state index contributed by atoms with van der Waals surface area (Å²) in [5, 5.41) is 7.67. The van der Waals surface area contributed by atoms with Crippen molar-refractivity contribution in [2.75, 3.05) is 7.11 Å². The molecule has 5 rings (SSSR count). The molecule has 0 unspecified atom stereocenters. The summed E-state index contributed by atoms with van der Waals surface area (Å²) in [5.41, 5.74) is 0.697. The Bertz CT molecular complexity index is 1420. The number of nitrogens with one attached hydrogen (secondary N) is 1. The van der Waals surface area contributed by atoms with Gasteiger partial charge in [0.05, 0.1) is 21.8 Å². The van der Waals surface area contributed by atoms with E-state index in [1.54, 1.807) is 25.4 Å². The molecule has 1 aliphatic rings. The largest absolute Gasteiger partial charge is 0.377 e. The number of nitrogens with zero attached hydrogens (tertiary/aromatic N) is 5. The Morgan fingerprint density at radius 3 is 2.59 bits per heavy atom. The van der Waals surface area contributed by atoms with Gasteiger partial charge in [0.15, 0.2) is 5.82 Å². The van der Waals surface area contributed by atoms with Gasteiger partial charge in [0.25, 0.3) is 17.1 Å². The normalized spacial score (nSPS) is 21.4. The van der Waals surface area contributed by atoms with E-state index in [0.717, 1.165) is 12.8 Å². The zero-order valence-electron chi connectivity index (χ0n) is 18.4. The summed E-state index contributed by atoms with van der Waals surface area (Å²) < 4.78 is 8.23. The summed E-state index contributed by atoms with van der Waals surface area (Å²) in [4.78, 5) is 35.5. The predicted molar refractivity (Wildman–Crippen MR) is 121 cm³/mol. The molecule has 1 fully saturated rings. The molecule has 166 valence electrons. The van der Waals surface area contributed by atoms with Crippen LogP contribution in [0.4, 0.5) is 0 Å². The first-order valence-corrected chi connectivity index (χ1v) is 11.0. The van der Waals surface area contributed by atoms with E-state index in [9.17, 15) is 9.59 Å². The molecule has 4 aromatic rings. The van der Waals surface area contributed by atoms with Crippen molar-refractivity contribution in [1.29, 1.82) is 0 Å². The Labute approximate surface area is 184 Å². The second-order valence-electron chi connectivity index (χ2n) is 8.72. The number of aromatic amines is 1. The van der Waals surface area contributed by atoms with Crippen LogP contribution < -0.4 is 11.1 Å². The maximum absolute atomic E-state index is 13.4. The minimum Gasteiger partial charge on any atom is -0.377 e. The van der Waals surface area contributed by atoms with Crippen molar-refractivity contribution in [1.82, 2.24) is 29.3 Å². The van der Waals surface area contributed by atoms with Crippen LogP contribution in [-0.2, 0) is 11.3 Å². The summed E-state index contributed by atoms with van der Waals surface area (Å²) >= 11 is 0. The van der Waals surface area contributed by atoms with E-state index in [1.165, 1.54) is 11.0 Å². The lowest BCUT2D eigenvalue weighted by Crippen LogP contribution is -2.33. The van der Waals surface area contributed by atoms with Gasteiger partial charge in [-0.1, -0.05) is 26.7 Å². The molecule has 3 atom stereocenters. The van der Waals surface area contributed by atoms with Crippen LogP contribution in [0.15, 0.2) is 40.2 Å². The van der Waals surface area contributed by atoms with Crippen LogP contribution in [0.5, 0.6) is 0 Å². The average Bonchev–Trinajstić information content (AvgIpc) is 3.24. The number of hydrogen-bond donors (Lipinski definition) is 1. The van der Waals surface area contributed by atoms with E-state index in [0.29, 0.717) is 39.5 Å². The molecule has 32 heavy (non-hydrogen) atoms. The molecule has 0 radical (unpaired) electrons. The summed E-state index contributed by atoms with van der Waals surface area (Å²) in [7, 11) is 1.56. The molecular weight excluding hydrogens is 408 g/mol. The molecule has 4 aromatic heterocycles. The van der Waals surface area contributed by atoms with Crippen LogP contribution in [0, 0.1) is 11.8 Å². The van der Waals surface area contributed by atoms with Crippen molar-refractivity contribution in [3.8, 4) is 5.95 Å². The maximum Gasteiger partial charge on any atom is 0.267 e. The minimum atomic E-state index is -0.325. The highest BCUT2D eigenvalue weighted by Gasteiger charge is 2.29. The van der Waals surface area contributed by atoms with E-state index in [1.807, 2.05) is 16.8 Å². The Morgan fingerprint density at radius 2 is 1.81 bits per heavy atom. The van der Waals surface area contributed by atoms with E-state index < -0.39 is 0 Å². The second kappa shape index (κ2) is 7.98. The minimum absolute atomic E-state index is 0.0991. The first-order chi connectivity index (χ1) is 15.5. The van der Waals surface area contributed by atoms with Gasteiger partial charge in [-0.05, 0) is 36.5 Å². The zero-order valence-corrected chi connectivity index (χ0v) is 18.4. The lowest BCUT2D eigenvalue weighted by Gasteiger charge is -2.35. The number of rotatable bonds is 4. The Kier molecular flexibility index (Phi) is 5.13. The van der Waals surface area contributed by atoms with Crippen LogP contribution >= 0.6 is 0 Å². The molecule has 0 spiro atoms. The summed E-state index contributed by atoms with van der Waals surface area (Å²) in [6.45, 7) is 4.73. The third-order valence-electron chi connectivity index (χ3n) is 6.81. The molecule has 1 saturated carbocycles. The van der Waals surface area contributed by atoms with Crippen molar-refractivity contribution >= 4 is 21.8 Å². The number of aromatic nitrogens is 6. The lowest BCUT2D eigenvalue weighted by atomic mass is 9.78. The zero-order chi connectivity index (χ0) is 22.4. The molecule has 1 N–H and O–H groups in total. The van der Waals surface area contributed by atoms with Crippen LogP contribution in [0.1, 0.15) is 45.0 Å². The van der Waals surface area contributed by atoms with Crippen molar-refractivity contribution in [3.05, 3.63) is 57.1 Å². The van der Waals surface area contributed by atoms with Crippen molar-refractivity contribution in [3.63, 3.8) is 0 Å². The Morgan fingerprint density at radius 1 is 1.06 bits per heavy atom. The van der Waals surface area contributed by atoms with Gasteiger partial charge in [-0.2, -0.15) is 4.98 Å². The van der Waals surface area contributed by atoms with Gasteiger partial charge in [0.1, 0.15) is 6.61 Å². The molecule has 0 aromatic carbocycles. The fourth-order valence-electron chi connectivity index (χ4n) is 4.80. The van der Waals surface area contributed by atoms with E-state index in [2.05, 4.69) is 34.0 Å². The summed E-state index contributed by atoms with van der Waals surface area (Å²) in [6.07, 6.45) is 6.74. The molecule has 0 aliphatic heterocycles.